The lowest BCUT2D eigenvalue weighted by Crippen LogP contribution is -2.30. The number of hydrogen-bond donors (Lipinski definition) is 3. The molecule has 0 saturated heterocycles. The van der Waals surface area contributed by atoms with Crippen molar-refractivity contribution in [2.24, 2.45) is 0 Å². The summed E-state index contributed by atoms with van der Waals surface area (Å²) in [4.78, 5) is 13.7. The zero-order valence-electron chi connectivity index (χ0n) is 14.8. The standard InChI is InChI=1S/C16H33NO.BH3O3/c1-4-7-8-9-10-11-12-13-14-15-16(18)17(5-2)6-3;2-1(3)4/h4-15H2,1-3H3;2-4H. The molecule has 0 aromatic heterocycles. The normalized spacial score (nSPS) is 9.91. The van der Waals surface area contributed by atoms with Crippen LogP contribution in [0.3, 0.4) is 0 Å². The van der Waals surface area contributed by atoms with Gasteiger partial charge in [0.1, 0.15) is 0 Å². The Kier molecular flexibility index (Phi) is 19.9. The van der Waals surface area contributed by atoms with Crippen molar-refractivity contribution in [3.05, 3.63) is 0 Å². The maximum Gasteiger partial charge on any atom is 0.631 e. The van der Waals surface area contributed by atoms with E-state index in [0.717, 1.165) is 25.9 Å². The van der Waals surface area contributed by atoms with Gasteiger partial charge in [0.15, 0.2) is 0 Å². The minimum atomic E-state index is -2.17. The maximum absolute atomic E-state index is 11.7. The molecule has 0 atom stereocenters. The predicted octanol–water partition coefficient (Wildman–Crippen LogP) is 2.72. The molecule has 0 spiro atoms. The highest BCUT2D eigenvalue weighted by Gasteiger charge is 2.07. The number of nitrogens with zero attached hydrogens (tertiary/aromatic N) is 1. The van der Waals surface area contributed by atoms with Crippen LogP contribution >= 0.6 is 0 Å². The summed E-state index contributed by atoms with van der Waals surface area (Å²) in [5.74, 6) is 0.336. The van der Waals surface area contributed by atoms with Crippen LogP contribution in [0.5, 0.6) is 0 Å². The Morgan fingerprint density at radius 3 is 1.50 bits per heavy atom. The second-order valence-electron chi connectivity index (χ2n) is 5.49. The summed E-state index contributed by atoms with van der Waals surface area (Å²) in [7, 11) is -2.17. The molecule has 5 nitrogen and oxygen atoms in total. The molecule has 0 fully saturated rings. The largest absolute Gasteiger partial charge is 0.631 e. The van der Waals surface area contributed by atoms with Gasteiger partial charge in [0.05, 0.1) is 0 Å². The minimum absolute atomic E-state index is 0.336. The summed E-state index contributed by atoms with van der Waals surface area (Å²) in [5.41, 5.74) is 0. The molecule has 0 bridgehead atoms. The summed E-state index contributed by atoms with van der Waals surface area (Å²) in [5, 5.41) is 21.5. The molecule has 0 aliphatic carbocycles. The van der Waals surface area contributed by atoms with Gasteiger partial charge in [-0.2, -0.15) is 0 Å². The van der Waals surface area contributed by atoms with Gasteiger partial charge in [0, 0.05) is 19.5 Å². The van der Waals surface area contributed by atoms with Crippen molar-refractivity contribution in [3.63, 3.8) is 0 Å². The molecular weight excluding hydrogens is 281 g/mol. The van der Waals surface area contributed by atoms with Crippen LogP contribution in [0.4, 0.5) is 0 Å². The van der Waals surface area contributed by atoms with Crippen LogP contribution < -0.4 is 0 Å². The van der Waals surface area contributed by atoms with Gasteiger partial charge in [-0.1, -0.05) is 58.3 Å². The van der Waals surface area contributed by atoms with E-state index in [4.69, 9.17) is 15.1 Å². The lowest BCUT2D eigenvalue weighted by atomic mass is 10.1. The molecule has 22 heavy (non-hydrogen) atoms. The molecular formula is C16H36BNO4. The second kappa shape index (κ2) is 18.5. The first-order chi connectivity index (χ1) is 10.5. The highest BCUT2D eigenvalue weighted by Crippen LogP contribution is 2.11. The molecule has 3 N–H and O–H groups in total. The fourth-order valence-corrected chi connectivity index (χ4v) is 2.32. The first-order valence-corrected chi connectivity index (χ1v) is 8.81. The first kappa shape index (κ1) is 23.7. The molecule has 0 saturated carbocycles. The number of unbranched alkanes of at least 4 members (excludes halogenated alkanes) is 8. The fourth-order valence-electron chi connectivity index (χ4n) is 2.32. The average molecular weight is 317 g/mol. The van der Waals surface area contributed by atoms with E-state index in [-0.39, 0.29) is 0 Å². The highest BCUT2D eigenvalue weighted by atomic mass is 16.5. The van der Waals surface area contributed by atoms with E-state index < -0.39 is 7.32 Å². The third-order valence-corrected chi connectivity index (χ3v) is 3.61. The van der Waals surface area contributed by atoms with Gasteiger partial charge >= 0.3 is 7.32 Å². The quantitative estimate of drug-likeness (QED) is 0.382. The van der Waals surface area contributed by atoms with E-state index in [2.05, 4.69) is 20.8 Å². The number of rotatable bonds is 12. The van der Waals surface area contributed by atoms with Crippen molar-refractivity contribution >= 4 is 13.2 Å². The van der Waals surface area contributed by atoms with Crippen LogP contribution in [0, 0.1) is 0 Å². The number of hydrogen-bond acceptors (Lipinski definition) is 4. The van der Waals surface area contributed by atoms with Crippen molar-refractivity contribution in [2.75, 3.05) is 13.1 Å². The number of amides is 1. The van der Waals surface area contributed by atoms with Crippen LogP contribution in [0.1, 0.15) is 85.0 Å². The summed E-state index contributed by atoms with van der Waals surface area (Å²) >= 11 is 0. The zero-order valence-corrected chi connectivity index (χ0v) is 14.8. The van der Waals surface area contributed by atoms with E-state index in [9.17, 15) is 4.79 Å². The summed E-state index contributed by atoms with van der Waals surface area (Å²) in [6, 6.07) is 0. The first-order valence-electron chi connectivity index (χ1n) is 8.81. The molecule has 0 aliphatic rings. The fraction of sp³-hybridized carbons (Fsp3) is 0.938. The van der Waals surface area contributed by atoms with Crippen LogP contribution in [0.2, 0.25) is 0 Å². The Balaban J connectivity index is 0. The van der Waals surface area contributed by atoms with Crippen molar-refractivity contribution < 1.29 is 19.9 Å². The highest BCUT2D eigenvalue weighted by molar-refractivity contribution is 6.30. The van der Waals surface area contributed by atoms with E-state index in [1.807, 2.05) is 4.90 Å². The molecule has 0 aromatic rings. The van der Waals surface area contributed by atoms with Crippen molar-refractivity contribution in [1.29, 1.82) is 0 Å². The zero-order chi connectivity index (χ0) is 17.2. The van der Waals surface area contributed by atoms with E-state index >= 15 is 0 Å². The van der Waals surface area contributed by atoms with Gasteiger partial charge in [-0.05, 0) is 20.3 Å². The van der Waals surface area contributed by atoms with Crippen molar-refractivity contribution in [1.82, 2.24) is 4.90 Å². The third-order valence-electron chi connectivity index (χ3n) is 3.61. The third kappa shape index (κ3) is 19.4. The molecule has 1 amide bonds. The molecule has 0 radical (unpaired) electrons. The monoisotopic (exact) mass is 317 g/mol. The van der Waals surface area contributed by atoms with Crippen molar-refractivity contribution in [3.8, 4) is 0 Å². The minimum Gasteiger partial charge on any atom is -0.402 e. The van der Waals surface area contributed by atoms with E-state index in [1.54, 1.807) is 0 Å². The summed E-state index contributed by atoms with van der Waals surface area (Å²) in [6.07, 6.45) is 12.6. The van der Waals surface area contributed by atoms with Gasteiger partial charge in [-0.15, -0.1) is 0 Å². The SMILES string of the molecule is CCCCCCCCCCCC(=O)N(CC)CC.OB(O)O. The van der Waals surface area contributed by atoms with Crippen LogP contribution in [0.15, 0.2) is 0 Å². The summed E-state index contributed by atoms with van der Waals surface area (Å²) in [6.45, 7) is 8.07. The topological polar surface area (TPSA) is 81.0 Å². The molecule has 0 unspecified atom stereocenters. The smallest absolute Gasteiger partial charge is 0.402 e. The van der Waals surface area contributed by atoms with Crippen molar-refractivity contribution in [2.45, 2.75) is 85.0 Å². The van der Waals surface area contributed by atoms with Gasteiger partial charge in [-0.3, -0.25) is 4.79 Å². The average Bonchev–Trinajstić information content (AvgIpc) is 2.46. The Morgan fingerprint density at radius 2 is 1.14 bits per heavy atom. The molecule has 6 heteroatoms. The maximum atomic E-state index is 11.7. The Labute approximate surface area is 136 Å². The molecule has 0 rings (SSSR count). The molecule has 132 valence electrons. The predicted molar refractivity (Wildman–Crippen MR) is 92.2 cm³/mol. The van der Waals surface area contributed by atoms with Gasteiger partial charge in [-0.25, -0.2) is 0 Å². The lowest BCUT2D eigenvalue weighted by molar-refractivity contribution is -0.130. The Morgan fingerprint density at radius 1 is 0.773 bits per heavy atom. The van der Waals surface area contributed by atoms with E-state index in [0.29, 0.717) is 5.91 Å². The van der Waals surface area contributed by atoms with Crippen LogP contribution in [-0.2, 0) is 4.79 Å². The lowest BCUT2D eigenvalue weighted by Gasteiger charge is -2.18. The Hall–Kier alpha value is -0.585. The summed E-state index contributed by atoms with van der Waals surface area (Å²) < 4.78 is 0. The molecule has 0 heterocycles. The van der Waals surface area contributed by atoms with Gasteiger partial charge in [0.25, 0.3) is 0 Å². The van der Waals surface area contributed by atoms with Gasteiger partial charge < -0.3 is 20.0 Å². The van der Waals surface area contributed by atoms with E-state index in [1.165, 1.54) is 51.4 Å². The van der Waals surface area contributed by atoms with Gasteiger partial charge in [0.2, 0.25) is 5.91 Å². The Bertz CT molecular complexity index is 233. The second-order valence-corrected chi connectivity index (χ2v) is 5.49. The molecule has 0 aromatic carbocycles. The number of carbonyl (C=O) groups excluding carboxylic acids is 1. The van der Waals surface area contributed by atoms with Crippen LogP contribution in [0.25, 0.3) is 0 Å². The molecule has 0 aliphatic heterocycles. The number of carbonyl (C=O) groups is 1. The van der Waals surface area contributed by atoms with Crippen LogP contribution in [-0.4, -0.2) is 46.3 Å².